The van der Waals surface area contributed by atoms with Crippen LogP contribution in [0.25, 0.3) is 0 Å². The van der Waals surface area contributed by atoms with Crippen LogP contribution in [0.15, 0.2) is 42.2 Å². The molecule has 0 amide bonds. The first-order valence-corrected chi connectivity index (χ1v) is 12.0. The summed E-state index contributed by atoms with van der Waals surface area (Å²) in [5.41, 5.74) is 0.511. The highest BCUT2D eigenvalue weighted by Crippen LogP contribution is 2.51. The van der Waals surface area contributed by atoms with Gasteiger partial charge in [-0.05, 0) is 45.9 Å². The standard InChI is InChI=1S/C21H30NO7P/c1-4-25-28-30(24,29-26-5-2)14-13-18-19-12-11-17(22(19)3)15-20(18)27-21(23)16-9-7-6-8-10-16/h6-10,13-14,17-20H,4-5,11-12,15H2,1-3H3/t17?,18-,19?,20+/m1/s1. The molecule has 9 heteroatoms. The molecule has 0 N–H and O–H groups in total. The van der Waals surface area contributed by atoms with Crippen molar-refractivity contribution in [3.8, 4) is 0 Å². The van der Waals surface area contributed by atoms with Crippen LogP contribution in [0.3, 0.4) is 0 Å². The van der Waals surface area contributed by atoms with Gasteiger partial charge in [-0.1, -0.05) is 24.3 Å². The highest BCUT2D eigenvalue weighted by atomic mass is 31.2. The van der Waals surface area contributed by atoms with Crippen molar-refractivity contribution in [2.45, 2.75) is 51.3 Å². The zero-order chi connectivity index (χ0) is 21.6. The number of fused-ring (bicyclic) bond motifs is 2. The fourth-order valence-corrected chi connectivity index (χ4v) is 5.18. The normalized spacial score (nSPS) is 26.9. The second-order valence-corrected chi connectivity index (χ2v) is 9.11. The van der Waals surface area contributed by atoms with E-state index in [0.29, 0.717) is 18.0 Å². The molecule has 8 nitrogen and oxygen atoms in total. The van der Waals surface area contributed by atoms with Crippen LogP contribution in [0.2, 0.25) is 0 Å². The molecule has 0 aliphatic carbocycles. The predicted molar refractivity (Wildman–Crippen MR) is 110 cm³/mol. The second kappa shape index (κ2) is 10.7. The molecule has 2 unspecified atom stereocenters. The summed E-state index contributed by atoms with van der Waals surface area (Å²) >= 11 is 0. The third-order valence-corrected chi connectivity index (χ3v) is 6.74. The van der Waals surface area contributed by atoms with Crippen LogP contribution in [0.4, 0.5) is 0 Å². The van der Waals surface area contributed by atoms with Crippen molar-refractivity contribution >= 4 is 13.6 Å². The minimum absolute atomic E-state index is 0.162. The Morgan fingerprint density at radius 1 is 1.13 bits per heavy atom. The molecule has 3 rings (SSSR count). The van der Waals surface area contributed by atoms with Gasteiger partial charge in [-0.3, -0.25) is 9.46 Å². The number of nitrogens with zero attached hydrogens (tertiary/aromatic N) is 1. The molecule has 2 bridgehead atoms. The lowest BCUT2D eigenvalue weighted by Crippen LogP contribution is -2.49. The van der Waals surface area contributed by atoms with E-state index < -0.39 is 7.60 Å². The summed E-state index contributed by atoms with van der Waals surface area (Å²) in [7, 11) is -1.69. The molecule has 4 atom stereocenters. The van der Waals surface area contributed by atoms with E-state index in [9.17, 15) is 9.36 Å². The molecule has 0 radical (unpaired) electrons. The Morgan fingerprint density at radius 3 is 2.43 bits per heavy atom. The highest BCUT2D eigenvalue weighted by Gasteiger charge is 2.46. The molecule has 1 aromatic carbocycles. The lowest BCUT2D eigenvalue weighted by molar-refractivity contribution is -0.260. The number of piperidine rings is 1. The Morgan fingerprint density at radius 2 is 1.80 bits per heavy atom. The maximum Gasteiger partial charge on any atom is 0.407 e. The lowest BCUT2D eigenvalue weighted by atomic mass is 9.87. The zero-order valence-electron chi connectivity index (χ0n) is 17.6. The van der Waals surface area contributed by atoms with E-state index in [4.69, 9.17) is 23.9 Å². The van der Waals surface area contributed by atoms with E-state index in [1.165, 1.54) is 5.82 Å². The maximum atomic E-state index is 12.9. The Balaban J connectivity index is 1.79. The Hall–Kier alpha value is -1.54. The first-order chi connectivity index (χ1) is 14.5. The van der Waals surface area contributed by atoms with Gasteiger partial charge >= 0.3 is 13.6 Å². The molecule has 1 aromatic rings. The van der Waals surface area contributed by atoms with Gasteiger partial charge in [-0.2, -0.15) is 0 Å². The minimum atomic E-state index is -3.76. The van der Waals surface area contributed by atoms with Crippen molar-refractivity contribution in [3.05, 3.63) is 47.8 Å². The predicted octanol–water partition coefficient (Wildman–Crippen LogP) is 4.34. The van der Waals surface area contributed by atoms with Crippen molar-refractivity contribution in [3.63, 3.8) is 0 Å². The summed E-state index contributed by atoms with van der Waals surface area (Å²) in [6.07, 6.45) is 4.13. The molecule has 30 heavy (non-hydrogen) atoms. The monoisotopic (exact) mass is 439 g/mol. The van der Waals surface area contributed by atoms with E-state index in [1.54, 1.807) is 44.2 Å². The average molecular weight is 439 g/mol. The summed E-state index contributed by atoms with van der Waals surface area (Å²) in [4.78, 5) is 24.7. The van der Waals surface area contributed by atoms with Crippen molar-refractivity contribution < 1.29 is 33.2 Å². The van der Waals surface area contributed by atoms with Crippen LogP contribution in [-0.4, -0.2) is 49.3 Å². The summed E-state index contributed by atoms with van der Waals surface area (Å²) in [6.45, 7) is 3.84. The van der Waals surface area contributed by atoms with Crippen LogP contribution in [0, 0.1) is 5.92 Å². The van der Waals surface area contributed by atoms with E-state index in [-0.39, 0.29) is 37.2 Å². The number of ether oxygens (including phenoxy) is 1. The van der Waals surface area contributed by atoms with Gasteiger partial charge in [-0.25, -0.2) is 14.6 Å². The van der Waals surface area contributed by atoms with E-state index in [0.717, 1.165) is 12.8 Å². The third-order valence-electron chi connectivity index (χ3n) is 5.58. The first kappa shape index (κ1) is 23.1. The molecule has 2 heterocycles. The number of hydrogen-bond acceptors (Lipinski definition) is 8. The van der Waals surface area contributed by atoms with E-state index in [1.807, 2.05) is 6.07 Å². The van der Waals surface area contributed by atoms with Gasteiger partial charge in [0.25, 0.3) is 0 Å². The third kappa shape index (κ3) is 5.58. The lowest BCUT2D eigenvalue weighted by Gasteiger charge is -2.41. The molecule has 0 spiro atoms. The van der Waals surface area contributed by atoms with Crippen molar-refractivity contribution in [1.29, 1.82) is 0 Å². The van der Waals surface area contributed by atoms with Crippen LogP contribution in [-0.2, 0) is 28.4 Å². The van der Waals surface area contributed by atoms with Crippen molar-refractivity contribution in [2.24, 2.45) is 5.92 Å². The molecular formula is C21H30NO7P. The van der Waals surface area contributed by atoms with Gasteiger partial charge in [0, 0.05) is 30.2 Å². The number of benzene rings is 1. The summed E-state index contributed by atoms with van der Waals surface area (Å²) < 4.78 is 28.7. The quantitative estimate of drug-likeness (QED) is 0.230. The summed E-state index contributed by atoms with van der Waals surface area (Å²) in [5.74, 6) is 0.825. The fraction of sp³-hybridized carbons (Fsp3) is 0.571. The van der Waals surface area contributed by atoms with Gasteiger partial charge in [0.15, 0.2) is 0 Å². The van der Waals surface area contributed by atoms with Crippen molar-refractivity contribution in [1.82, 2.24) is 4.90 Å². The molecule has 166 valence electrons. The second-order valence-electron chi connectivity index (χ2n) is 7.43. The Labute approximate surface area is 177 Å². The molecule has 2 aliphatic heterocycles. The Kier molecular flexibility index (Phi) is 8.22. The van der Waals surface area contributed by atoms with Crippen LogP contribution >= 0.6 is 7.60 Å². The van der Waals surface area contributed by atoms with Gasteiger partial charge in [0.1, 0.15) is 6.10 Å². The molecular weight excluding hydrogens is 409 g/mol. The number of carbonyl (C=O) groups is 1. The maximum absolute atomic E-state index is 12.9. The van der Waals surface area contributed by atoms with Crippen LogP contribution in [0.5, 0.6) is 0 Å². The van der Waals surface area contributed by atoms with Gasteiger partial charge < -0.3 is 4.74 Å². The van der Waals surface area contributed by atoms with E-state index in [2.05, 4.69) is 11.9 Å². The average Bonchev–Trinajstić information content (AvgIpc) is 3.00. The smallest absolute Gasteiger partial charge is 0.407 e. The molecule has 0 aromatic heterocycles. The molecule has 2 aliphatic rings. The minimum Gasteiger partial charge on any atom is -0.458 e. The Bertz CT molecular complexity index is 760. The van der Waals surface area contributed by atoms with Crippen LogP contribution in [0.1, 0.15) is 43.5 Å². The van der Waals surface area contributed by atoms with Crippen molar-refractivity contribution in [2.75, 3.05) is 20.3 Å². The van der Waals surface area contributed by atoms with E-state index >= 15 is 0 Å². The largest absolute Gasteiger partial charge is 0.458 e. The fourth-order valence-electron chi connectivity index (χ4n) is 4.14. The summed E-state index contributed by atoms with van der Waals surface area (Å²) in [5, 5.41) is 0. The topological polar surface area (TPSA) is 83.5 Å². The number of rotatable bonds is 10. The zero-order valence-corrected chi connectivity index (χ0v) is 18.5. The first-order valence-electron chi connectivity index (χ1n) is 10.4. The van der Waals surface area contributed by atoms with Gasteiger partial charge in [-0.15, -0.1) is 9.35 Å². The molecule has 2 fully saturated rings. The molecule has 0 saturated carbocycles. The highest BCUT2D eigenvalue weighted by molar-refractivity contribution is 7.56. The summed E-state index contributed by atoms with van der Waals surface area (Å²) in [6, 6.07) is 9.46. The molecule has 2 saturated heterocycles. The SMILES string of the molecule is CCOOP(=O)(C=C[C@@H]1C2CCC(C[C@@H]1OC(=O)c1ccccc1)N2C)OOCC. The van der Waals surface area contributed by atoms with Gasteiger partial charge in [0.2, 0.25) is 0 Å². The number of carbonyl (C=O) groups excluding carboxylic acids is 1. The number of esters is 1. The van der Waals surface area contributed by atoms with Gasteiger partial charge in [0.05, 0.1) is 18.8 Å². The van der Waals surface area contributed by atoms with Crippen LogP contribution < -0.4 is 0 Å². The number of hydrogen-bond donors (Lipinski definition) is 0.